The number of hydrogen-bond donors (Lipinski definition) is 1. The number of aromatic nitrogens is 2. The van der Waals surface area contributed by atoms with Crippen molar-refractivity contribution < 1.29 is 17.2 Å². The molecule has 1 heterocycles. The second-order valence-electron chi connectivity index (χ2n) is 2.30. The summed E-state index contributed by atoms with van der Waals surface area (Å²) >= 11 is 0.727. The van der Waals surface area contributed by atoms with Crippen molar-refractivity contribution in [1.82, 2.24) is 10.2 Å². The molecule has 0 fully saturated rings. The van der Waals surface area contributed by atoms with Gasteiger partial charge in [-0.2, -0.15) is 0 Å². The average molecular weight is 243 g/mol. The van der Waals surface area contributed by atoms with Gasteiger partial charge in [-0.1, -0.05) is 11.3 Å². The molecule has 0 aliphatic rings. The Hall–Kier alpha value is -0.830. The van der Waals surface area contributed by atoms with Crippen molar-refractivity contribution in [2.75, 3.05) is 18.1 Å². The van der Waals surface area contributed by atoms with Gasteiger partial charge in [-0.3, -0.25) is 0 Å². The lowest BCUT2D eigenvalue weighted by Gasteiger charge is -1.96. The summed E-state index contributed by atoms with van der Waals surface area (Å²) in [6.07, 6.45) is -2.90. The maximum absolute atomic E-state index is 11.9. The van der Waals surface area contributed by atoms with E-state index in [9.17, 15) is 17.2 Å². The lowest BCUT2D eigenvalue weighted by Crippen LogP contribution is -2.13. The Labute approximate surface area is 83.1 Å². The van der Waals surface area contributed by atoms with Crippen molar-refractivity contribution in [3.8, 4) is 0 Å². The first kappa shape index (κ1) is 11.2. The number of hydrogen-bond acceptors (Lipinski definition) is 6. The van der Waals surface area contributed by atoms with Crippen LogP contribution in [0.15, 0.2) is 4.34 Å². The van der Waals surface area contributed by atoms with Crippen LogP contribution in [-0.4, -0.2) is 37.8 Å². The van der Waals surface area contributed by atoms with E-state index in [1.807, 2.05) is 0 Å². The Kier molecular flexibility index (Phi) is 3.32. The monoisotopic (exact) mass is 243 g/mol. The van der Waals surface area contributed by atoms with Crippen LogP contribution in [-0.2, 0) is 9.84 Å². The topological polar surface area (TPSA) is 72.0 Å². The minimum absolute atomic E-state index is 0.276. The Bertz CT molecular complexity index is 403. The zero-order chi connectivity index (χ0) is 10.8. The van der Waals surface area contributed by atoms with Gasteiger partial charge in [-0.05, 0) is 0 Å². The molecule has 5 nitrogen and oxygen atoms in total. The molecule has 0 spiro atoms. The molecule has 0 aliphatic heterocycles. The van der Waals surface area contributed by atoms with Gasteiger partial charge in [0.2, 0.25) is 19.3 Å². The highest BCUT2D eigenvalue weighted by Crippen LogP contribution is 2.21. The molecule has 0 aromatic carbocycles. The maximum atomic E-state index is 11.9. The highest BCUT2D eigenvalue weighted by molar-refractivity contribution is 7.93. The highest BCUT2D eigenvalue weighted by Gasteiger charge is 2.24. The molecule has 0 atom stereocenters. The quantitative estimate of drug-likeness (QED) is 0.839. The van der Waals surface area contributed by atoms with Crippen LogP contribution in [0.3, 0.4) is 0 Å². The van der Waals surface area contributed by atoms with Crippen molar-refractivity contribution in [3.05, 3.63) is 0 Å². The summed E-state index contributed by atoms with van der Waals surface area (Å²) in [5.74, 6) is -1.22. The van der Waals surface area contributed by atoms with E-state index >= 15 is 0 Å². The minimum Gasteiger partial charge on any atom is -0.363 e. The van der Waals surface area contributed by atoms with Gasteiger partial charge in [0.1, 0.15) is 5.75 Å². The molecule has 0 saturated carbocycles. The van der Waals surface area contributed by atoms with Crippen molar-refractivity contribution >= 4 is 26.3 Å². The lowest BCUT2D eigenvalue weighted by molar-refractivity contribution is 0.174. The largest absolute Gasteiger partial charge is 0.363 e. The van der Waals surface area contributed by atoms with E-state index in [0.29, 0.717) is 0 Å². The summed E-state index contributed by atoms with van der Waals surface area (Å²) < 4.78 is 45.7. The molecular formula is C5H7F2N3O2S2. The van der Waals surface area contributed by atoms with E-state index in [1.54, 1.807) is 0 Å². The van der Waals surface area contributed by atoms with Crippen molar-refractivity contribution in [2.45, 2.75) is 10.8 Å². The Morgan fingerprint density at radius 3 is 2.57 bits per heavy atom. The van der Waals surface area contributed by atoms with Gasteiger partial charge in [-0.25, -0.2) is 17.2 Å². The molecule has 0 aliphatic carbocycles. The molecule has 14 heavy (non-hydrogen) atoms. The maximum Gasteiger partial charge on any atom is 0.252 e. The normalized spacial score (nSPS) is 12.0. The zero-order valence-corrected chi connectivity index (χ0v) is 8.70. The molecule has 0 unspecified atom stereocenters. The summed E-state index contributed by atoms with van der Waals surface area (Å²) in [4.78, 5) is 0. The molecule has 0 bridgehead atoms. The number of anilines is 1. The van der Waals surface area contributed by atoms with Crippen LogP contribution >= 0.6 is 11.3 Å². The first-order chi connectivity index (χ1) is 6.45. The van der Waals surface area contributed by atoms with Gasteiger partial charge in [0.25, 0.3) is 6.43 Å². The summed E-state index contributed by atoms with van der Waals surface area (Å²) in [5.41, 5.74) is 0. The van der Waals surface area contributed by atoms with Crippen LogP contribution in [0.1, 0.15) is 0 Å². The number of rotatable bonds is 4. The molecule has 1 aromatic heterocycles. The van der Waals surface area contributed by atoms with E-state index in [2.05, 4.69) is 15.5 Å². The summed E-state index contributed by atoms with van der Waals surface area (Å²) in [6.45, 7) is 0. The van der Waals surface area contributed by atoms with Crippen LogP contribution in [0.25, 0.3) is 0 Å². The molecule has 0 amide bonds. The third-order valence-electron chi connectivity index (χ3n) is 1.23. The second-order valence-corrected chi connectivity index (χ2v) is 5.48. The molecule has 0 radical (unpaired) electrons. The van der Waals surface area contributed by atoms with E-state index in [4.69, 9.17) is 0 Å². The SMILES string of the molecule is CNc1nnc(S(=O)(=O)CC(F)F)s1. The molecule has 80 valence electrons. The molecule has 9 heteroatoms. The van der Waals surface area contributed by atoms with Gasteiger partial charge >= 0.3 is 0 Å². The lowest BCUT2D eigenvalue weighted by atomic mass is 10.9. The zero-order valence-electron chi connectivity index (χ0n) is 7.07. The Balaban J connectivity index is 2.93. The summed E-state index contributed by atoms with van der Waals surface area (Å²) in [7, 11) is -2.46. The van der Waals surface area contributed by atoms with Gasteiger partial charge in [0.15, 0.2) is 0 Å². The Morgan fingerprint density at radius 1 is 1.50 bits per heavy atom. The van der Waals surface area contributed by atoms with Crippen LogP contribution in [0, 0.1) is 0 Å². The standard InChI is InChI=1S/C5H7F2N3O2S2/c1-8-4-9-10-5(13-4)14(11,12)2-3(6)7/h3H,2H2,1H3,(H,8,9). The van der Waals surface area contributed by atoms with Gasteiger partial charge in [0.05, 0.1) is 0 Å². The van der Waals surface area contributed by atoms with Crippen molar-refractivity contribution in [3.63, 3.8) is 0 Å². The van der Waals surface area contributed by atoms with Crippen molar-refractivity contribution in [1.29, 1.82) is 0 Å². The smallest absolute Gasteiger partial charge is 0.252 e. The summed E-state index contributed by atoms with van der Waals surface area (Å²) in [6, 6.07) is 0. The molecule has 1 rings (SSSR count). The number of nitrogens with zero attached hydrogens (tertiary/aromatic N) is 2. The van der Waals surface area contributed by atoms with E-state index in [1.165, 1.54) is 7.05 Å². The fraction of sp³-hybridized carbons (Fsp3) is 0.600. The van der Waals surface area contributed by atoms with Crippen LogP contribution in [0.5, 0.6) is 0 Å². The minimum atomic E-state index is -3.99. The summed E-state index contributed by atoms with van der Waals surface area (Å²) in [5, 5.41) is 9.58. The molecule has 1 aromatic rings. The molecule has 1 N–H and O–H groups in total. The highest BCUT2D eigenvalue weighted by atomic mass is 32.2. The predicted molar refractivity (Wildman–Crippen MR) is 47.5 cm³/mol. The first-order valence-electron chi connectivity index (χ1n) is 3.48. The predicted octanol–water partition coefficient (Wildman–Crippen LogP) is 0.619. The van der Waals surface area contributed by atoms with Gasteiger partial charge < -0.3 is 5.32 Å². The van der Waals surface area contributed by atoms with Crippen LogP contribution in [0.2, 0.25) is 0 Å². The molecular weight excluding hydrogens is 236 g/mol. The van der Waals surface area contributed by atoms with Crippen LogP contribution < -0.4 is 5.32 Å². The fourth-order valence-corrected chi connectivity index (χ4v) is 2.69. The van der Waals surface area contributed by atoms with E-state index < -0.39 is 22.0 Å². The average Bonchev–Trinajstić information content (AvgIpc) is 2.49. The third-order valence-corrected chi connectivity index (χ3v) is 4.28. The fourth-order valence-electron chi connectivity index (χ4n) is 0.674. The first-order valence-corrected chi connectivity index (χ1v) is 5.95. The second kappa shape index (κ2) is 4.13. The van der Waals surface area contributed by atoms with E-state index in [-0.39, 0.29) is 9.47 Å². The third kappa shape index (κ3) is 2.58. The number of alkyl halides is 2. The molecule has 0 saturated heterocycles. The van der Waals surface area contributed by atoms with Crippen LogP contribution in [0.4, 0.5) is 13.9 Å². The number of nitrogens with one attached hydrogen (secondary N) is 1. The van der Waals surface area contributed by atoms with E-state index in [0.717, 1.165) is 11.3 Å². The number of sulfone groups is 1. The van der Waals surface area contributed by atoms with Gasteiger partial charge in [0, 0.05) is 7.05 Å². The Morgan fingerprint density at radius 2 is 2.14 bits per heavy atom. The van der Waals surface area contributed by atoms with Crippen molar-refractivity contribution in [2.24, 2.45) is 0 Å². The number of halogens is 2. The van der Waals surface area contributed by atoms with Gasteiger partial charge in [-0.15, -0.1) is 10.2 Å².